The van der Waals surface area contributed by atoms with Crippen LogP contribution in [0.25, 0.3) is 0 Å². The first kappa shape index (κ1) is 13.6. The molecule has 3 nitrogen and oxygen atoms in total. The van der Waals surface area contributed by atoms with Gasteiger partial charge in [0, 0.05) is 18.7 Å². The second-order valence-electron chi connectivity index (χ2n) is 5.15. The molecule has 100 valence electrons. The molecule has 0 heterocycles. The van der Waals surface area contributed by atoms with Gasteiger partial charge in [-0.15, -0.1) is 0 Å². The number of nitriles is 1. The Labute approximate surface area is 114 Å². The molecule has 0 N–H and O–H groups in total. The third-order valence-corrected chi connectivity index (χ3v) is 3.57. The molecule has 0 atom stereocenters. The van der Waals surface area contributed by atoms with Crippen LogP contribution >= 0.6 is 0 Å². The van der Waals surface area contributed by atoms with Gasteiger partial charge in [0.2, 0.25) is 0 Å². The number of nitrogens with zero attached hydrogens (tertiary/aromatic N) is 2. The number of amides is 1. The molecule has 1 fully saturated rings. The normalized spacial score (nSPS) is 13.9. The molecule has 1 aromatic carbocycles. The molecule has 1 amide bonds. The molecule has 1 aliphatic carbocycles. The van der Waals surface area contributed by atoms with Crippen LogP contribution in [0.15, 0.2) is 24.3 Å². The van der Waals surface area contributed by atoms with E-state index < -0.39 is 0 Å². The van der Waals surface area contributed by atoms with Crippen LogP contribution in [-0.4, -0.2) is 23.9 Å². The van der Waals surface area contributed by atoms with Crippen molar-refractivity contribution in [3.05, 3.63) is 35.4 Å². The van der Waals surface area contributed by atoms with E-state index in [0.29, 0.717) is 18.9 Å². The van der Waals surface area contributed by atoms with Gasteiger partial charge < -0.3 is 4.90 Å². The summed E-state index contributed by atoms with van der Waals surface area (Å²) in [5.74, 6) is 0.711. The van der Waals surface area contributed by atoms with Gasteiger partial charge in [-0.3, -0.25) is 4.79 Å². The first-order chi connectivity index (χ1) is 9.24. The molecular weight excluding hydrogens is 236 g/mol. The zero-order valence-electron chi connectivity index (χ0n) is 11.4. The number of carbonyl (C=O) groups is 1. The number of hydrogen-bond acceptors (Lipinski definition) is 2. The predicted molar refractivity (Wildman–Crippen MR) is 74.7 cm³/mol. The van der Waals surface area contributed by atoms with E-state index in [1.54, 1.807) is 0 Å². The van der Waals surface area contributed by atoms with E-state index >= 15 is 0 Å². The molecule has 1 saturated carbocycles. The van der Waals surface area contributed by atoms with Crippen LogP contribution in [0.4, 0.5) is 0 Å². The van der Waals surface area contributed by atoms with Crippen molar-refractivity contribution in [2.45, 2.75) is 32.6 Å². The molecule has 0 saturated heterocycles. The Balaban J connectivity index is 2.05. The van der Waals surface area contributed by atoms with Crippen LogP contribution < -0.4 is 0 Å². The van der Waals surface area contributed by atoms with Crippen molar-refractivity contribution in [2.24, 2.45) is 5.92 Å². The van der Waals surface area contributed by atoms with Crippen LogP contribution in [0.5, 0.6) is 0 Å². The van der Waals surface area contributed by atoms with E-state index in [1.165, 1.54) is 18.4 Å². The van der Waals surface area contributed by atoms with E-state index in [1.807, 2.05) is 29.2 Å². The Hall–Kier alpha value is -1.82. The van der Waals surface area contributed by atoms with Crippen LogP contribution in [0, 0.1) is 17.2 Å². The van der Waals surface area contributed by atoms with Gasteiger partial charge in [0.25, 0.3) is 5.91 Å². The molecule has 0 spiro atoms. The Morgan fingerprint density at radius 2 is 2.05 bits per heavy atom. The molecule has 3 heteroatoms. The SMILES string of the molecule is CCc1ccc(C(=O)N(CCC#N)CC2CC2)cc1. The van der Waals surface area contributed by atoms with Gasteiger partial charge in [0.05, 0.1) is 12.5 Å². The second kappa shape index (κ2) is 6.38. The molecule has 0 bridgehead atoms. The summed E-state index contributed by atoms with van der Waals surface area (Å²) in [7, 11) is 0. The summed E-state index contributed by atoms with van der Waals surface area (Å²) in [6.07, 6.45) is 3.82. The van der Waals surface area contributed by atoms with Crippen molar-refractivity contribution in [1.29, 1.82) is 5.26 Å². The zero-order valence-corrected chi connectivity index (χ0v) is 11.4. The maximum atomic E-state index is 12.4. The first-order valence-corrected chi connectivity index (χ1v) is 6.99. The number of rotatable bonds is 6. The zero-order chi connectivity index (χ0) is 13.7. The second-order valence-corrected chi connectivity index (χ2v) is 5.15. The lowest BCUT2D eigenvalue weighted by molar-refractivity contribution is 0.0751. The number of hydrogen-bond donors (Lipinski definition) is 0. The maximum Gasteiger partial charge on any atom is 0.253 e. The lowest BCUT2D eigenvalue weighted by atomic mass is 10.1. The molecule has 0 unspecified atom stereocenters. The van der Waals surface area contributed by atoms with Gasteiger partial charge in [0.1, 0.15) is 0 Å². The van der Waals surface area contributed by atoms with Gasteiger partial charge in [-0.25, -0.2) is 0 Å². The fourth-order valence-corrected chi connectivity index (χ4v) is 2.14. The molecular formula is C16H20N2O. The van der Waals surface area contributed by atoms with E-state index in [-0.39, 0.29) is 5.91 Å². The largest absolute Gasteiger partial charge is 0.337 e. The highest BCUT2D eigenvalue weighted by atomic mass is 16.2. The topological polar surface area (TPSA) is 44.1 Å². The number of carbonyl (C=O) groups excluding carboxylic acids is 1. The summed E-state index contributed by atoms with van der Waals surface area (Å²) in [5, 5.41) is 8.70. The minimum absolute atomic E-state index is 0.0600. The monoisotopic (exact) mass is 256 g/mol. The summed E-state index contributed by atoms with van der Waals surface area (Å²) in [6, 6.07) is 9.93. The molecule has 0 aliphatic heterocycles. The highest BCUT2D eigenvalue weighted by molar-refractivity contribution is 5.94. The lowest BCUT2D eigenvalue weighted by Crippen LogP contribution is -2.33. The predicted octanol–water partition coefficient (Wildman–Crippen LogP) is 3.01. The fraction of sp³-hybridized carbons (Fsp3) is 0.500. The molecule has 0 aromatic heterocycles. The molecule has 19 heavy (non-hydrogen) atoms. The fourth-order valence-electron chi connectivity index (χ4n) is 2.14. The number of aryl methyl sites for hydroxylation is 1. The molecule has 0 radical (unpaired) electrons. The highest BCUT2D eigenvalue weighted by Crippen LogP contribution is 2.30. The highest BCUT2D eigenvalue weighted by Gasteiger charge is 2.27. The van der Waals surface area contributed by atoms with Crippen molar-refractivity contribution < 1.29 is 4.79 Å². The van der Waals surface area contributed by atoms with Crippen LogP contribution in [-0.2, 0) is 6.42 Å². The smallest absolute Gasteiger partial charge is 0.253 e. The minimum Gasteiger partial charge on any atom is -0.337 e. The van der Waals surface area contributed by atoms with Gasteiger partial charge in [-0.2, -0.15) is 5.26 Å². The molecule has 1 aliphatic rings. The average Bonchev–Trinajstić information content (AvgIpc) is 3.27. The summed E-state index contributed by atoms with van der Waals surface area (Å²) < 4.78 is 0. The van der Waals surface area contributed by atoms with Crippen molar-refractivity contribution in [1.82, 2.24) is 4.90 Å². The first-order valence-electron chi connectivity index (χ1n) is 6.99. The van der Waals surface area contributed by atoms with Crippen LogP contribution in [0.2, 0.25) is 0 Å². The van der Waals surface area contributed by atoms with Crippen molar-refractivity contribution >= 4 is 5.91 Å². The maximum absolute atomic E-state index is 12.4. The third-order valence-electron chi connectivity index (χ3n) is 3.57. The summed E-state index contributed by atoms with van der Waals surface area (Å²) in [5.41, 5.74) is 1.97. The summed E-state index contributed by atoms with van der Waals surface area (Å²) in [4.78, 5) is 14.3. The van der Waals surface area contributed by atoms with Crippen molar-refractivity contribution in [3.63, 3.8) is 0 Å². The van der Waals surface area contributed by atoms with E-state index in [0.717, 1.165) is 18.5 Å². The Bertz CT molecular complexity index is 469. The van der Waals surface area contributed by atoms with E-state index in [2.05, 4.69) is 13.0 Å². The molecule has 2 rings (SSSR count). The van der Waals surface area contributed by atoms with Crippen LogP contribution in [0.3, 0.4) is 0 Å². The Morgan fingerprint density at radius 1 is 1.37 bits per heavy atom. The average molecular weight is 256 g/mol. The van der Waals surface area contributed by atoms with E-state index in [4.69, 9.17) is 5.26 Å². The van der Waals surface area contributed by atoms with Gasteiger partial charge in [-0.1, -0.05) is 19.1 Å². The molecule has 1 aromatic rings. The quantitative estimate of drug-likeness (QED) is 0.785. The Morgan fingerprint density at radius 3 is 2.58 bits per heavy atom. The van der Waals surface area contributed by atoms with Crippen molar-refractivity contribution in [2.75, 3.05) is 13.1 Å². The standard InChI is InChI=1S/C16H20N2O/c1-2-13-6-8-15(9-7-13)16(19)18(11-3-10-17)12-14-4-5-14/h6-9,14H,2-5,11-12H2,1H3. The lowest BCUT2D eigenvalue weighted by Gasteiger charge is -2.21. The van der Waals surface area contributed by atoms with Gasteiger partial charge in [-0.05, 0) is 42.9 Å². The van der Waals surface area contributed by atoms with E-state index in [9.17, 15) is 4.79 Å². The minimum atomic E-state index is 0.0600. The van der Waals surface area contributed by atoms with Gasteiger partial charge >= 0.3 is 0 Å². The Kier molecular flexibility index (Phi) is 4.57. The summed E-state index contributed by atoms with van der Waals surface area (Å²) in [6.45, 7) is 3.44. The summed E-state index contributed by atoms with van der Waals surface area (Å²) >= 11 is 0. The van der Waals surface area contributed by atoms with Gasteiger partial charge in [0.15, 0.2) is 0 Å². The van der Waals surface area contributed by atoms with Crippen LogP contribution in [0.1, 0.15) is 42.1 Å². The van der Waals surface area contributed by atoms with Crippen molar-refractivity contribution in [3.8, 4) is 6.07 Å². The third kappa shape index (κ3) is 3.82. The number of benzene rings is 1.